The van der Waals surface area contributed by atoms with Crippen molar-refractivity contribution in [1.82, 2.24) is 19.9 Å². The van der Waals surface area contributed by atoms with Crippen molar-refractivity contribution in [3.63, 3.8) is 0 Å². The summed E-state index contributed by atoms with van der Waals surface area (Å²) < 4.78 is 5.79. The number of hydrogen-bond donors (Lipinski definition) is 2. The summed E-state index contributed by atoms with van der Waals surface area (Å²) in [6.45, 7) is 0. The first-order valence-electron chi connectivity index (χ1n) is 5.77. The van der Waals surface area contributed by atoms with E-state index in [0.29, 0.717) is 22.6 Å². The Kier molecular flexibility index (Phi) is 1.88. The first-order chi connectivity index (χ1) is 9.31. The molecule has 3 aromatic heterocycles. The zero-order chi connectivity index (χ0) is 12.8. The van der Waals surface area contributed by atoms with Gasteiger partial charge in [-0.25, -0.2) is 9.97 Å². The largest absolute Gasteiger partial charge is 0.454 e. The van der Waals surface area contributed by atoms with Crippen LogP contribution in [0.2, 0.25) is 0 Å². The summed E-state index contributed by atoms with van der Waals surface area (Å²) >= 11 is 0. The van der Waals surface area contributed by atoms with Crippen molar-refractivity contribution < 1.29 is 4.42 Å². The first-order valence-corrected chi connectivity index (χ1v) is 5.77. The lowest BCUT2D eigenvalue weighted by Crippen LogP contribution is -1.97. The third-order valence-corrected chi connectivity index (χ3v) is 2.96. The van der Waals surface area contributed by atoms with Crippen molar-refractivity contribution in [2.45, 2.75) is 0 Å². The van der Waals surface area contributed by atoms with Crippen LogP contribution in [0.25, 0.3) is 33.6 Å². The molecule has 0 unspecified atom stereocenters. The molecular weight excluding hydrogens is 242 g/mol. The summed E-state index contributed by atoms with van der Waals surface area (Å²) in [5.74, 6) is 0.819. The van der Waals surface area contributed by atoms with Crippen LogP contribution in [0.5, 0.6) is 0 Å². The van der Waals surface area contributed by atoms with E-state index in [4.69, 9.17) is 10.2 Å². The van der Waals surface area contributed by atoms with Crippen LogP contribution in [-0.4, -0.2) is 19.9 Å². The standard InChI is InChI=1S/C13H9N5O/c14-13-17-10(11-12(18-13)16-6-15-11)9-5-7-3-1-2-4-8(7)19-9/h1-6H,(H3,14,15,16,17,18). The lowest BCUT2D eigenvalue weighted by atomic mass is 10.2. The predicted molar refractivity (Wildman–Crippen MR) is 71.3 cm³/mol. The Bertz CT molecular complexity index is 859. The van der Waals surface area contributed by atoms with Crippen LogP contribution in [0.1, 0.15) is 0 Å². The Morgan fingerprint density at radius 2 is 2.05 bits per heavy atom. The maximum atomic E-state index is 5.79. The molecule has 0 fully saturated rings. The van der Waals surface area contributed by atoms with Crippen molar-refractivity contribution in [3.8, 4) is 11.5 Å². The fourth-order valence-corrected chi connectivity index (χ4v) is 2.13. The number of para-hydroxylation sites is 1. The maximum absolute atomic E-state index is 5.79. The fourth-order valence-electron chi connectivity index (χ4n) is 2.13. The van der Waals surface area contributed by atoms with Gasteiger partial charge in [-0.1, -0.05) is 18.2 Å². The topological polar surface area (TPSA) is 93.6 Å². The van der Waals surface area contributed by atoms with Gasteiger partial charge in [-0.2, -0.15) is 4.98 Å². The highest BCUT2D eigenvalue weighted by Gasteiger charge is 2.14. The molecule has 0 bridgehead atoms. The molecule has 4 aromatic rings. The van der Waals surface area contributed by atoms with Gasteiger partial charge in [0, 0.05) is 5.39 Å². The molecule has 0 amide bonds. The number of rotatable bonds is 1. The highest BCUT2D eigenvalue weighted by atomic mass is 16.3. The molecule has 92 valence electrons. The van der Waals surface area contributed by atoms with E-state index >= 15 is 0 Å². The average molecular weight is 251 g/mol. The number of aromatic nitrogens is 4. The Morgan fingerprint density at radius 1 is 1.16 bits per heavy atom. The van der Waals surface area contributed by atoms with Crippen LogP contribution in [0, 0.1) is 0 Å². The highest BCUT2D eigenvalue weighted by molar-refractivity contribution is 5.90. The predicted octanol–water partition coefficient (Wildman–Crippen LogP) is 2.35. The van der Waals surface area contributed by atoms with Crippen LogP contribution in [0.3, 0.4) is 0 Å². The molecule has 3 heterocycles. The molecule has 0 atom stereocenters. The summed E-state index contributed by atoms with van der Waals surface area (Å²) in [5, 5.41) is 1.02. The fraction of sp³-hybridized carbons (Fsp3) is 0. The van der Waals surface area contributed by atoms with Gasteiger partial charge in [0.1, 0.15) is 16.8 Å². The van der Waals surface area contributed by atoms with Crippen LogP contribution >= 0.6 is 0 Å². The molecule has 0 saturated heterocycles. The summed E-state index contributed by atoms with van der Waals surface area (Å²) in [6.07, 6.45) is 1.56. The van der Waals surface area contributed by atoms with Gasteiger partial charge >= 0.3 is 0 Å². The van der Waals surface area contributed by atoms with Crippen LogP contribution in [0.15, 0.2) is 41.1 Å². The van der Waals surface area contributed by atoms with Gasteiger partial charge in [0.2, 0.25) is 5.95 Å². The normalized spacial score (nSPS) is 11.4. The number of fused-ring (bicyclic) bond motifs is 2. The molecule has 1 aromatic carbocycles. The number of H-pyrrole nitrogens is 1. The minimum Gasteiger partial charge on any atom is -0.454 e. The number of imidazole rings is 1. The monoisotopic (exact) mass is 251 g/mol. The number of nitrogens with zero attached hydrogens (tertiary/aromatic N) is 3. The summed E-state index contributed by atoms with van der Waals surface area (Å²) in [6, 6.07) is 9.71. The minimum absolute atomic E-state index is 0.176. The molecule has 0 aliphatic carbocycles. The Balaban J connectivity index is 2.05. The van der Waals surface area contributed by atoms with Gasteiger partial charge in [0.15, 0.2) is 11.4 Å². The van der Waals surface area contributed by atoms with E-state index in [1.165, 1.54) is 0 Å². The van der Waals surface area contributed by atoms with Gasteiger partial charge in [-0.15, -0.1) is 0 Å². The number of hydrogen-bond acceptors (Lipinski definition) is 5. The minimum atomic E-state index is 0.176. The second-order valence-electron chi connectivity index (χ2n) is 4.18. The number of nitrogen functional groups attached to an aromatic ring is 1. The summed E-state index contributed by atoms with van der Waals surface area (Å²) in [5.41, 5.74) is 8.37. The summed E-state index contributed by atoms with van der Waals surface area (Å²) in [7, 11) is 0. The van der Waals surface area contributed by atoms with Crippen molar-refractivity contribution in [1.29, 1.82) is 0 Å². The SMILES string of the molecule is Nc1nc(-c2cc3ccccc3o2)c2[nH]cnc2n1. The second-order valence-corrected chi connectivity index (χ2v) is 4.18. The average Bonchev–Trinajstić information content (AvgIpc) is 3.03. The lowest BCUT2D eigenvalue weighted by molar-refractivity contribution is 0.629. The van der Waals surface area contributed by atoms with Crippen molar-refractivity contribution in [2.75, 3.05) is 5.73 Å². The van der Waals surface area contributed by atoms with Gasteiger partial charge in [-0.05, 0) is 12.1 Å². The number of aromatic amines is 1. The molecule has 0 spiro atoms. The number of anilines is 1. The summed E-state index contributed by atoms with van der Waals surface area (Å²) in [4.78, 5) is 15.4. The van der Waals surface area contributed by atoms with Crippen LogP contribution in [0.4, 0.5) is 5.95 Å². The number of furan rings is 1. The smallest absolute Gasteiger partial charge is 0.222 e. The van der Waals surface area contributed by atoms with Crippen molar-refractivity contribution in [3.05, 3.63) is 36.7 Å². The molecule has 19 heavy (non-hydrogen) atoms. The Labute approximate surface area is 107 Å². The second kappa shape index (κ2) is 3.55. The van der Waals surface area contributed by atoms with E-state index in [1.807, 2.05) is 30.3 Å². The zero-order valence-corrected chi connectivity index (χ0v) is 9.79. The van der Waals surface area contributed by atoms with Crippen molar-refractivity contribution in [2.24, 2.45) is 0 Å². The number of nitrogens with one attached hydrogen (secondary N) is 1. The number of benzene rings is 1. The van der Waals surface area contributed by atoms with E-state index in [2.05, 4.69) is 19.9 Å². The van der Waals surface area contributed by atoms with Gasteiger partial charge < -0.3 is 15.1 Å². The highest BCUT2D eigenvalue weighted by Crippen LogP contribution is 2.30. The van der Waals surface area contributed by atoms with E-state index < -0.39 is 0 Å². The third kappa shape index (κ3) is 1.46. The molecule has 3 N–H and O–H groups in total. The molecule has 0 radical (unpaired) electrons. The Morgan fingerprint density at radius 3 is 2.95 bits per heavy atom. The van der Waals surface area contributed by atoms with E-state index in [1.54, 1.807) is 6.33 Å². The molecule has 6 heteroatoms. The molecule has 6 nitrogen and oxygen atoms in total. The van der Waals surface area contributed by atoms with Crippen LogP contribution in [-0.2, 0) is 0 Å². The molecule has 0 saturated carbocycles. The molecular formula is C13H9N5O. The lowest BCUT2D eigenvalue weighted by Gasteiger charge is -1.98. The zero-order valence-electron chi connectivity index (χ0n) is 9.79. The Hall–Kier alpha value is -2.89. The van der Waals surface area contributed by atoms with Crippen molar-refractivity contribution >= 4 is 28.1 Å². The molecule has 0 aliphatic heterocycles. The molecule has 4 rings (SSSR count). The van der Waals surface area contributed by atoms with Gasteiger partial charge in [0.25, 0.3) is 0 Å². The van der Waals surface area contributed by atoms with Gasteiger partial charge in [0.05, 0.1) is 6.33 Å². The van der Waals surface area contributed by atoms with E-state index in [0.717, 1.165) is 11.0 Å². The number of nitrogens with two attached hydrogens (primary N) is 1. The quantitative estimate of drug-likeness (QED) is 0.541. The first kappa shape index (κ1) is 10.1. The maximum Gasteiger partial charge on any atom is 0.222 e. The van der Waals surface area contributed by atoms with E-state index in [-0.39, 0.29) is 5.95 Å². The molecule has 0 aliphatic rings. The van der Waals surface area contributed by atoms with Gasteiger partial charge in [-0.3, -0.25) is 0 Å². The van der Waals surface area contributed by atoms with Crippen LogP contribution < -0.4 is 5.73 Å². The van der Waals surface area contributed by atoms with E-state index in [9.17, 15) is 0 Å². The third-order valence-electron chi connectivity index (χ3n) is 2.96.